The zero-order valence-corrected chi connectivity index (χ0v) is 16.1. The van der Waals surface area contributed by atoms with E-state index in [0.717, 1.165) is 31.2 Å². The molecule has 0 bridgehead atoms. The smallest absolute Gasteiger partial charge is 0.159 e. The fourth-order valence-electron chi connectivity index (χ4n) is 3.42. The van der Waals surface area contributed by atoms with E-state index >= 15 is 0 Å². The number of hydrogen-bond donors (Lipinski definition) is 0. The molecule has 1 saturated carbocycles. The maximum atomic E-state index is 12.5. The predicted molar refractivity (Wildman–Crippen MR) is 99.5 cm³/mol. The number of ketones is 2. The van der Waals surface area contributed by atoms with Crippen molar-refractivity contribution in [3.63, 3.8) is 0 Å². The van der Waals surface area contributed by atoms with Crippen molar-refractivity contribution < 1.29 is 18.0 Å². The van der Waals surface area contributed by atoms with E-state index in [1.165, 1.54) is 6.92 Å². The van der Waals surface area contributed by atoms with Gasteiger partial charge in [-0.2, -0.15) is 0 Å². The summed E-state index contributed by atoms with van der Waals surface area (Å²) in [6.07, 6.45) is 3.49. The van der Waals surface area contributed by atoms with Crippen LogP contribution in [0.25, 0.3) is 0 Å². The molecule has 0 amide bonds. The average molecular weight is 365 g/mol. The Bertz CT molecular complexity index is 726. The molecule has 0 atom stereocenters. The van der Waals surface area contributed by atoms with Crippen LogP contribution in [0.3, 0.4) is 0 Å². The quantitative estimate of drug-likeness (QED) is 0.693. The molecule has 4 nitrogen and oxygen atoms in total. The van der Waals surface area contributed by atoms with Crippen molar-refractivity contribution in [1.29, 1.82) is 0 Å². The summed E-state index contributed by atoms with van der Waals surface area (Å²) < 4.78 is 24.1. The normalized spacial score (nSPS) is 21.3. The molecular weight excluding hydrogens is 336 g/mol. The van der Waals surface area contributed by atoms with E-state index < -0.39 is 9.84 Å². The Morgan fingerprint density at radius 1 is 1.12 bits per heavy atom. The van der Waals surface area contributed by atoms with E-state index in [4.69, 9.17) is 0 Å². The number of carbonyl (C=O) groups is 2. The summed E-state index contributed by atoms with van der Waals surface area (Å²) in [4.78, 5) is 24.0. The third-order valence-corrected chi connectivity index (χ3v) is 7.57. The Kier molecular flexibility index (Phi) is 6.55. The van der Waals surface area contributed by atoms with Crippen LogP contribution in [-0.4, -0.2) is 31.0 Å². The SMILES string of the molecule is CC(=O)c1cccc(CC(=O)C2CCC(CS(=O)(=O)C(C)C)CC2)c1. The molecule has 1 aliphatic rings. The summed E-state index contributed by atoms with van der Waals surface area (Å²) in [6.45, 7) is 4.97. The van der Waals surface area contributed by atoms with Crippen molar-refractivity contribution in [3.05, 3.63) is 35.4 Å². The molecule has 0 saturated heterocycles. The van der Waals surface area contributed by atoms with Crippen LogP contribution in [0.2, 0.25) is 0 Å². The minimum atomic E-state index is -3.01. The molecule has 1 aromatic rings. The van der Waals surface area contributed by atoms with Crippen molar-refractivity contribution in [3.8, 4) is 0 Å². The molecule has 1 aliphatic carbocycles. The maximum absolute atomic E-state index is 12.5. The molecule has 0 radical (unpaired) electrons. The Morgan fingerprint density at radius 3 is 2.32 bits per heavy atom. The summed E-state index contributed by atoms with van der Waals surface area (Å²) in [5.74, 6) is 0.634. The lowest BCUT2D eigenvalue weighted by Gasteiger charge is -2.28. The van der Waals surface area contributed by atoms with Crippen LogP contribution < -0.4 is 0 Å². The second kappa shape index (κ2) is 8.26. The van der Waals surface area contributed by atoms with Gasteiger partial charge in [-0.1, -0.05) is 18.2 Å². The van der Waals surface area contributed by atoms with Crippen LogP contribution in [0.15, 0.2) is 24.3 Å². The van der Waals surface area contributed by atoms with Gasteiger partial charge in [0.15, 0.2) is 15.6 Å². The second-order valence-electron chi connectivity index (χ2n) is 7.50. The first-order chi connectivity index (χ1) is 11.7. The minimum Gasteiger partial charge on any atom is -0.299 e. The number of carbonyl (C=O) groups excluding carboxylic acids is 2. The van der Waals surface area contributed by atoms with E-state index in [1.54, 1.807) is 26.0 Å². The van der Waals surface area contributed by atoms with Gasteiger partial charge >= 0.3 is 0 Å². The zero-order chi connectivity index (χ0) is 18.6. The van der Waals surface area contributed by atoms with E-state index in [9.17, 15) is 18.0 Å². The summed E-state index contributed by atoms with van der Waals surface area (Å²) in [5, 5.41) is -0.333. The van der Waals surface area contributed by atoms with Crippen molar-refractivity contribution in [1.82, 2.24) is 0 Å². The zero-order valence-electron chi connectivity index (χ0n) is 15.3. The van der Waals surface area contributed by atoms with Gasteiger partial charge in [0.2, 0.25) is 0 Å². The number of benzene rings is 1. The molecule has 25 heavy (non-hydrogen) atoms. The summed E-state index contributed by atoms with van der Waals surface area (Å²) in [6, 6.07) is 7.25. The lowest BCUT2D eigenvalue weighted by atomic mass is 9.79. The van der Waals surface area contributed by atoms with E-state index in [0.29, 0.717) is 12.0 Å². The number of sulfone groups is 1. The standard InChI is InChI=1S/C20H28O4S/c1-14(2)25(23,24)13-16-7-9-18(10-8-16)20(22)12-17-5-4-6-19(11-17)15(3)21/h4-6,11,14,16,18H,7-10,12-13H2,1-3H3. The maximum Gasteiger partial charge on any atom is 0.159 e. The first kappa shape index (κ1) is 19.8. The average Bonchev–Trinajstić information content (AvgIpc) is 2.55. The van der Waals surface area contributed by atoms with Crippen molar-refractivity contribution >= 4 is 21.4 Å². The van der Waals surface area contributed by atoms with E-state index in [-0.39, 0.29) is 34.4 Å². The van der Waals surface area contributed by atoms with Crippen molar-refractivity contribution in [2.24, 2.45) is 11.8 Å². The van der Waals surface area contributed by atoms with Crippen LogP contribution in [0.4, 0.5) is 0 Å². The van der Waals surface area contributed by atoms with Crippen LogP contribution in [0.1, 0.15) is 62.4 Å². The second-order valence-corrected chi connectivity index (χ2v) is 10.1. The Hall–Kier alpha value is -1.49. The van der Waals surface area contributed by atoms with Crippen molar-refractivity contribution in [2.75, 3.05) is 5.75 Å². The van der Waals surface area contributed by atoms with Gasteiger partial charge in [-0.05, 0) is 64.0 Å². The first-order valence-corrected chi connectivity index (χ1v) is 10.7. The van der Waals surface area contributed by atoms with Gasteiger partial charge in [0.25, 0.3) is 0 Å². The topological polar surface area (TPSA) is 68.3 Å². The summed E-state index contributed by atoms with van der Waals surface area (Å²) >= 11 is 0. The first-order valence-electron chi connectivity index (χ1n) is 9.03. The van der Waals surface area contributed by atoms with Crippen molar-refractivity contribution in [2.45, 2.75) is 58.1 Å². The minimum absolute atomic E-state index is 0.00108. The molecule has 1 aromatic carbocycles. The lowest BCUT2D eigenvalue weighted by molar-refractivity contribution is -0.123. The molecule has 5 heteroatoms. The molecule has 0 N–H and O–H groups in total. The molecule has 0 aliphatic heterocycles. The van der Waals surface area contributed by atoms with Gasteiger partial charge < -0.3 is 0 Å². The molecular formula is C20H28O4S. The Balaban J connectivity index is 1.89. The fraction of sp³-hybridized carbons (Fsp3) is 0.600. The van der Waals surface area contributed by atoms with Gasteiger partial charge in [-0.15, -0.1) is 0 Å². The van der Waals surface area contributed by atoms with Gasteiger partial charge in [-0.3, -0.25) is 9.59 Å². The number of rotatable bonds is 7. The number of Topliss-reactive ketones (excluding diaryl/α,β-unsaturated/α-hetero) is 2. The molecule has 138 valence electrons. The van der Waals surface area contributed by atoms with E-state index in [1.807, 2.05) is 12.1 Å². The molecule has 0 spiro atoms. The molecule has 0 heterocycles. The van der Waals surface area contributed by atoms with Crippen LogP contribution in [-0.2, 0) is 21.1 Å². The van der Waals surface area contributed by atoms with Crippen LogP contribution >= 0.6 is 0 Å². The van der Waals surface area contributed by atoms with Gasteiger partial charge in [0.05, 0.1) is 11.0 Å². The summed E-state index contributed by atoms with van der Waals surface area (Å²) in [5.41, 5.74) is 1.51. The van der Waals surface area contributed by atoms with E-state index in [2.05, 4.69) is 0 Å². The highest BCUT2D eigenvalue weighted by Crippen LogP contribution is 2.31. The third kappa shape index (κ3) is 5.50. The highest BCUT2D eigenvalue weighted by Gasteiger charge is 2.29. The Labute approximate surface area is 150 Å². The monoisotopic (exact) mass is 364 g/mol. The highest BCUT2D eigenvalue weighted by molar-refractivity contribution is 7.91. The highest BCUT2D eigenvalue weighted by atomic mass is 32.2. The third-order valence-electron chi connectivity index (χ3n) is 5.20. The Morgan fingerprint density at radius 2 is 1.76 bits per heavy atom. The fourth-order valence-corrected chi connectivity index (χ4v) is 4.79. The van der Waals surface area contributed by atoms with Gasteiger partial charge in [0.1, 0.15) is 5.78 Å². The van der Waals surface area contributed by atoms with Gasteiger partial charge in [-0.25, -0.2) is 8.42 Å². The largest absolute Gasteiger partial charge is 0.299 e. The summed E-state index contributed by atoms with van der Waals surface area (Å²) in [7, 11) is -3.01. The van der Waals surface area contributed by atoms with Gasteiger partial charge in [0, 0.05) is 17.9 Å². The molecule has 2 rings (SSSR count). The molecule has 0 aromatic heterocycles. The molecule has 0 unspecified atom stereocenters. The molecule has 1 fully saturated rings. The number of hydrogen-bond acceptors (Lipinski definition) is 4. The predicted octanol–water partition coefficient (Wildman–Crippen LogP) is 3.63. The van der Waals surface area contributed by atoms with Crippen LogP contribution in [0, 0.1) is 11.8 Å². The van der Waals surface area contributed by atoms with Crippen LogP contribution in [0.5, 0.6) is 0 Å². The lowest BCUT2D eigenvalue weighted by Crippen LogP contribution is -2.29.